The van der Waals surface area contributed by atoms with Crippen LogP contribution in [0.5, 0.6) is 11.5 Å². The van der Waals surface area contributed by atoms with Crippen molar-refractivity contribution < 1.29 is 9.53 Å². The zero-order chi connectivity index (χ0) is 19.8. The van der Waals surface area contributed by atoms with E-state index in [4.69, 9.17) is 10.5 Å². The molecule has 3 N–H and O–H groups in total. The summed E-state index contributed by atoms with van der Waals surface area (Å²) in [5, 5.41) is 0. The fourth-order valence-electron chi connectivity index (χ4n) is 3.51. The van der Waals surface area contributed by atoms with Crippen molar-refractivity contribution in [1.82, 2.24) is 9.97 Å². The van der Waals surface area contributed by atoms with E-state index in [0.29, 0.717) is 28.7 Å². The number of rotatable bonds is 4. The maximum absolute atomic E-state index is 12.8. The predicted octanol–water partition coefficient (Wildman–Crippen LogP) is 4.07. The summed E-state index contributed by atoms with van der Waals surface area (Å²) in [7, 11) is 0. The Morgan fingerprint density at radius 3 is 2.48 bits per heavy atom. The molecule has 0 fully saturated rings. The molecule has 0 aliphatic carbocycles. The summed E-state index contributed by atoms with van der Waals surface area (Å²) < 4.78 is 6.04. The molecule has 1 aliphatic heterocycles. The van der Waals surface area contributed by atoms with Gasteiger partial charge in [0, 0.05) is 0 Å². The number of nitrogens with zero attached hydrogens (tertiary/aromatic N) is 2. The van der Waals surface area contributed by atoms with Crippen LogP contribution in [0.3, 0.4) is 0 Å². The van der Waals surface area contributed by atoms with Crippen LogP contribution in [0.15, 0.2) is 84.7 Å². The van der Waals surface area contributed by atoms with Crippen LogP contribution < -0.4 is 15.4 Å². The molecule has 1 aliphatic rings. The Bertz CT molecular complexity index is 1210. The van der Waals surface area contributed by atoms with Crippen molar-refractivity contribution in [3.63, 3.8) is 0 Å². The third-order valence-electron chi connectivity index (χ3n) is 4.88. The number of imidazole rings is 1. The van der Waals surface area contributed by atoms with Gasteiger partial charge in [0.05, 0.1) is 23.3 Å². The quantitative estimate of drug-likeness (QED) is 0.556. The molecule has 1 aromatic heterocycles. The smallest absolute Gasteiger partial charge is 0.189 e. The van der Waals surface area contributed by atoms with Crippen molar-refractivity contribution in [3.8, 4) is 11.5 Å². The zero-order valence-electron chi connectivity index (χ0n) is 15.5. The summed E-state index contributed by atoms with van der Waals surface area (Å²) in [6.07, 6.45) is 0. The molecule has 0 saturated heterocycles. The first-order valence-electron chi connectivity index (χ1n) is 9.28. The molecule has 0 amide bonds. The second kappa shape index (κ2) is 6.83. The highest BCUT2D eigenvalue weighted by Crippen LogP contribution is 2.37. The van der Waals surface area contributed by atoms with Gasteiger partial charge in [-0.3, -0.25) is 4.79 Å². The Kier molecular flexibility index (Phi) is 4.02. The lowest BCUT2D eigenvalue weighted by molar-refractivity contribution is -0.112. The number of carbonyl (C=O) groups is 1. The number of hydrogen-bond donors (Lipinski definition) is 2. The minimum Gasteiger partial charge on any atom is -0.455 e. The first-order valence-corrected chi connectivity index (χ1v) is 9.28. The second-order valence-electron chi connectivity index (χ2n) is 6.75. The average Bonchev–Trinajstić information content (AvgIpc) is 3.29. The number of fused-ring (bicyclic) bond motifs is 1. The number of aromatic nitrogens is 2. The van der Waals surface area contributed by atoms with Gasteiger partial charge in [-0.1, -0.05) is 42.5 Å². The average molecular weight is 382 g/mol. The van der Waals surface area contributed by atoms with E-state index in [9.17, 15) is 4.79 Å². The van der Waals surface area contributed by atoms with Gasteiger partial charge in [0.2, 0.25) is 0 Å². The zero-order valence-corrected chi connectivity index (χ0v) is 15.5. The number of ether oxygens (including phenoxy) is 1. The van der Waals surface area contributed by atoms with Gasteiger partial charge in [-0.15, -0.1) is 0 Å². The van der Waals surface area contributed by atoms with Gasteiger partial charge >= 0.3 is 0 Å². The maximum Gasteiger partial charge on any atom is 0.189 e. The second-order valence-corrected chi connectivity index (χ2v) is 6.75. The number of carbonyl (C=O) groups excluding carboxylic acids is 1. The number of hydrogen-bond acceptors (Lipinski definition) is 5. The molecule has 6 heteroatoms. The maximum atomic E-state index is 12.8. The van der Waals surface area contributed by atoms with Gasteiger partial charge in [-0.05, 0) is 36.4 Å². The Hall–Kier alpha value is -4.06. The Morgan fingerprint density at radius 1 is 0.931 bits per heavy atom. The van der Waals surface area contributed by atoms with Crippen LogP contribution in [0.1, 0.15) is 5.82 Å². The van der Waals surface area contributed by atoms with Crippen LogP contribution in [0.25, 0.3) is 16.6 Å². The first kappa shape index (κ1) is 17.1. The van der Waals surface area contributed by atoms with Crippen LogP contribution in [0.2, 0.25) is 0 Å². The molecule has 0 radical (unpaired) electrons. The Morgan fingerprint density at radius 2 is 1.66 bits per heavy atom. The van der Waals surface area contributed by atoms with Crippen molar-refractivity contribution in [2.45, 2.75) is 0 Å². The molecule has 0 spiro atoms. The summed E-state index contributed by atoms with van der Waals surface area (Å²) in [6, 6.07) is 24.7. The molecule has 6 nitrogen and oxygen atoms in total. The lowest BCUT2D eigenvalue weighted by Gasteiger charge is -2.21. The Balaban J connectivity index is 1.55. The third-order valence-corrected chi connectivity index (χ3v) is 4.88. The van der Waals surface area contributed by atoms with E-state index >= 15 is 0 Å². The molecule has 0 unspecified atom stereocenters. The summed E-state index contributed by atoms with van der Waals surface area (Å²) in [5.41, 5.74) is 9.22. The van der Waals surface area contributed by atoms with Gasteiger partial charge in [-0.2, -0.15) is 0 Å². The fraction of sp³-hybridized carbons (Fsp3) is 0.0435. The van der Waals surface area contributed by atoms with E-state index in [0.717, 1.165) is 16.7 Å². The molecular weight excluding hydrogens is 364 g/mol. The molecule has 4 aromatic rings. The van der Waals surface area contributed by atoms with E-state index in [1.165, 1.54) is 0 Å². The van der Waals surface area contributed by atoms with Gasteiger partial charge in [0.15, 0.2) is 11.5 Å². The van der Waals surface area contributed by atoms with Crippen LogP contribution >= 0.6 is 0 Å². The SMILES string of the molecule is NC1=C(c2nc3ccccc3[nH]2)C(=O)CN1c1ccccc1Oc1ccccc1. The van der Waals surface area contributed by atoms with E-state index in [2.05, 4.69) is 9.97 Å². The monoisotopic (exact) mass is 382 g/mol. The third kappa shape index (κ3) is 3.00. The van der Waals surface area contributed by atoms with Gasteiger partial charge in [0.1, 0.15) is 23.0 Å². The van der Waals surface area contributed by atoms with Crippen molar-refractivity contribution in [1.29, 1.82) is 0 Å². The number of benzene rings is 3. The van der Waals surface area contributed by atoms with E-state index in [1.54, 1.807) is 4.90 Å². The van der Waals surface area contributed by atoms with Crippen LogP contribution in [-0.2, 0) is 4.79 Å². The van der Waals surface area contributed by atoms with Crippen LogP contribution in [-0.4, -0.2) is 22.3 Å². The van der Waals surface area contributed by atoms with Gasteiger partial charge in [-0.25, -0.2) is 4.98 Å². The number of nitrogens with two attached hydrogens (primary N) is 1. The topological polar surface area (TPSA) is 84.2 Å². The number of nitrogens with one attached hydrogen (secondary N) is 1. The van der Waals surface area contributed by atoms with Crippen molar-refractivity contribution in [2.24, 2.45) is 5.73 Å². The van der Waals surface area contributed by atoms with Gasteiger partial charge < -0.3 is 20.4 Å². The number of H-pyrrole nitrogens is 1. The fourth-order valence-corrected chi connectivity index (χ4v) is 3.51. The number of anilines is 1. The summed E-state index contributed by atoms with van der Waals surface area (Å²) in [5.74, 6) is 2.10. The standard InChI is InChI=1S/C23H18N4O2/c24-22-21(23-25-16-10-4-5-11-17(16)26-23)19(28)14-27(22)18-12-6-7-13-20(18)29-15-8-2-1-3-9-15/h1-13H,14,24H2,(H,25,26). The van der Waals surface area contributed by atoms with E-state index in [1.807, 2.05) is 78.9 Å². The summed E-state index contributed by atoms with van der Waals surface area (Å²) in [4.78, 5) is 22.3. The first-order chi connectivity index (χ1) is 14.2. The summed E-state index contributed by atoms with van der Waals surface area (Å²) >= 11 is 0. The molecule has 142 valence electrons. The predicted molar refractivity (Wildman–Crippen MR) is 113 cm³/mol. The van der Waals surface area contributed by atoms with Crippen molar-refractivity contribution >= 4 is 28.1 Å². The molecule has 29 heavy (non-hydrogen) atoms. The Labute approximate surface area is 167 Å². The van der Waals surface area contributed by atoms with Crippen molar-refractivity contribution in [2.75, 3.05) is 11.4 Å². The molecular formula is C23H18N4O2. The molecule has 3 aromatic carbocycles. The largest absolute Gasteiger partial charge is 0.455 e. The van der Waals surface area contributed by atoms with Gasteiger partial charge in [0.25, 0.3) is 0 Å². The van der Waals surface area contributed by atoms with E-state index < -0.39 is 0 Å². The highest BCUT2D eigenvalue weighted by atomic mass is 16.5. The molecule has 0 saturated carbocycles. The van der Waals surface area contributed by atoms with Crippen molar-refractivity contribution in [3.05, 3.63) is 90.5 Å². The molecule has 5 rings (SSSR count). The minimum absolute atomic E-state index is 0.0870. The van der Waals surface area contributed by atoms with Crippen LogP contribution in [0.4, 0.5) is 5.69 Å². The summed E-state index contributed by atoms with van der Waals surface area (Å²) in [6.45, 7) is 0.132. The molecule has 0 bridgehead atoms. The normalized spacial score (nSPS) is 14.1. The van der Waals surface area contributed by atoms with E-state index in [-0.39, 0.29) is 12.3 Å². The lowest BCUT2D eigenvalue weighted by Crippen LogP contribution is -2.25. The molecule has 2 heterocycles. The number of Topliss-reactive ketones (excluding diaryl/α,β-unsaturated/α-hetero) is 1. The molecule has 0 atom stereocenters. The lowest BCUT2D eigenvalue weighted by atomic mass is 10.2. The van der Waals surface area contributed by atoms with Crippen LogP contribution in [0, 0.1) is 0 Å². The number of para-hydroxylation sites is 5. The highest BCUT2D eigenvalue weighted by Gasteiger charge is 2.33. The number of aromatic amines is 1. The minimum atomic E-state index is -0.0870. The highest BCUT2D eigenvalue weighted by molar-refractivity contribution is 6.26. The number of ketones is 1.